The minimum atomic E-state index is -0.410. The first-order valence-corrected chi connectivity index (χ1v) is 6.77. The third-order valence-electron chi connectivity index (χ3n) is 3.36. The van der Waals surface area contributed by atoms with Crippen LogP contribution in [0.25, 0.3) is 0 Å². The Bertz CT molecular complexity index is 458. The molecule has 1 saturated carbocycles. The molecule has 0 spiro atoms. The van der Waals surface area contributed by atoms with Crippen molar-refractivity contribution in [1.29, 1.82) is 0 Å². The van der Waals surface area contributed by atoms with Crippen LogP contribution in [0, 0.1) is 0 Å². The quantitative estimate of drug-likeness (QED) is 0.797. The fraction of sp³-hybridized carbons (Fsp3) is 0.571. The number of anilines is 2. The van der Waals surface area contributed by atoms with Gasteiger partial charge in [0.2, 0.25) is 0 Å². The second kappa shape index (κ2) is 5.91. The van der Waals surface area contributed by atoms with Gasteiger partial charge in [0.15, 0.2) is 0 Å². The maximum Gasteiger partial charge on any atom is 0.340 e. The number of hydrogen-bond acceptors (Lipinski definition) is 5. The van der Waals surface area contributed by atoms with Crippen LogP contribution in [0.1, 0.15) is 43.0 Å². The molecule has 2 rings (SSSR count). The van der Waals surface area contributed by atoms with Gasteiger partial charge in [0, 0.05) is 12.6 Å². The van der Waals surface area contributed by atoms with Crippen LogP contribution in [-0.2, 0) is 4.74 Å². The summed E-state index contributed by atoms with van der Waals surface area (Å²) in [6.07, 6.45) is 6.20. The highest BCUT2D eigenvalue weighted by atomic mass is 16.5. The molecule has 1 aliphatic rings. The number of ether oxygens (including phenoxy) is 1. The molecule has 5 nitrogen and oxygen atoms in total. The van der Waals surface area contributed by atoms with Crippen LogP contribution in [0.5, 0.6) is 0 Å². The van der Waals surface area contributed by atoms with Crippen molar-refractivity contribution in [1.82, 2.24) is 4.98 Å². The number of unbranched alkanes of at least 4 members (excludes halogenated alkanes) is 1. The topological polar surface area (TPSA) is 68.5 Å². The lowest BCUT2D eigenvalue weighted by molar-refractivity contribution is 0.0602. The van der Waals surface area contributed by atoms with Gasteiger partial charge in [0.05, 0.1) is 24.6 Å². The van der Waals surface area contributed by atoms with E-state index in [0.717, 1.165) is 25.2 Å². The van der Waals surface area contributed by atoms with E-state index < -0.39 is 5.97 Å². The summed E-state index contributed by atoms with van der Waals surface area (Å²) in [5.41, 5.74) is 6.54. The van der Waals surface area contributed by atoms with Gasteiger partial charge >= 0.3 is 5.97 Å². The number of carbonyl (C=O) groups excluding carboxylic acids is 1. The first-order valence-electron chi connectivity index (χ1n) is 6.77. The standard InChI is InChI=1S/C14H21N3O2/c1-3-4-7-17(10-5-6-10)13-8-11(14(18)19-2)12(15)9-16-13/h8-10H,3-7,15H2,1-2H3. The summed E-state index contributed by atoms with van der Waals surface area (Å²) in [6, 6.07) is 2.31. The number of methoxy groups -OCH3 is 1. The van der Waals surface area contributed by atoms with Crippen molar-refractivity contribution in [2.24, 2.45) is 0 Å². The largest absolute Gasteiger partial charge is 0.465 e. The van der Waals surface area contributed by atoms with Crippen LogP contribution in [0.3, 0.4) is 0 Å². The number of rotatable bonds is 6. The number of nitrogens with zero attached hydrogens (tertiary/aromatic N) is 2. The summed E-state index contributed by atoms with van der Waals surface area (Å²) >= 11 is 0. The fourth-order valence-corrected chi connectivity index (χ4v) is 2.10. The van der Waals surface area contributed by atoms with Gasteiger partial charge in [0.1, 0.15) is 5.82 Å². The van der Waals surface area contributed by atoms with Crippen molar-refractivity contribution in [3.05, 3.63) is 17.8 Å². The molecule has 1 heterocycles. The van der Waals surface area contributed by atoms with E-state index in [4.69, 9.17) is 10.5 Å². The lowest BCUT2D eigenvalue weighted by Gasteiger charge is -2.23. The lowest BCUT2D eigenvalue weighted by atomic mass is 10.2. The molecule has 0 aromatic carbocycles. The van der Waals surface area contributed by atoms with E-state index in [1.54, 1.807) is 12.3 Å². The number of nitrogen functional groups attached to an aromatic ring is 1. The fourth-order valence-electron chi connectivity index (χ4n) is 2.10. The third-order valence-corrected chi connectivity index (χ3v) is 3.36. The third kappa shape index (κ3) is 3.16. The highest BCUT2D eigenvalue weighted by Gasteiger charge is 2.30. The summed E-state index contributed by atoms with van der Waals surface area (Å²) in [5.74, 6) is 0.415. The van der Waals surface area contributed by atoms with Gasteiger partial charge < -0.3 is 15.4 Å². The van der Waals surface area contributed by atoms with E-state index in [1.807, 2.05) is 0 Å². The molecule has 1 aromatic rings. The molecular weight excluding hydrogens is 242 g/mol. The van der Waals surface area contributed by atoms with Crippen molar-refractivity contribution < 1.29 is 9.53 Å². The summed E-state index contributed by atoms with van der Waals surface area (Å²) in [5, 5.41) is 0. The summed E-state index contributed by atoms with van der Waals surface area (Å²) in [4.78, 5) is 18.3. The number of hydrogen-bond donors (Lipinski definition) is 1. The van der Waals surface area contributed by atoms with E-state index in [9.17, 15) is 4.79 Å². The minimum absolute atomic E-state index is 0.363. The van der Waals surface area contributed by atoms with Gasteiger partial charge in [0.25, 0.3) is 0 Å². The monoisotopic (exact) mass is 263 g/mol. The molecule has 0 aliphatic heterocycles. The van der Waals surface area contributed by atoms with Crippen LogP contribution in [0.4, 0.5) is 11.5 Å². The Kier molecular flexibility index (Phi) is 4.24. The Morgan fingerprint density at radius 2 is 2.32 bits per heavy atom. The first kappa shape index (κ1) is 13.6. The minimum Gasteiger partial charge on any atom is -0.465 e. The van der Waals surface area contributed by atoms with Crippen molar-refractivity contribution in [3.63, 3.8) is 0 Å². The van der Waals surface area contributed by atoms with Crippen LogP contribution in [0.2, 0.25) is 0 Å². The molecule has 2 N–H and O–H groups in total. The number of nitrogens with two attached hydrogens (primary N) is 1. The van der Waals surface area contributed by atoms with Crippen molar-refractivity contribution in [2.75, 3.05) is 24.3 Å². The van der Waals surface area contributed by atoms with Crippen LogP contribution in [0.15, 0.2) is 12.3 Å². The number of esters is 1. The zero-order valence-corrected chi connectivity index (χ0v) is 11.6. The van der Waals surface area contributed by atoms with Gasteiger partial charge in [-0.25, -0.2) is 9.78 Å². The summed E-state index contributed by atoms with van der Waals surface area (Å²) in [6.45, 7) is 3.14. The van der Waals surface area contributed by atoms with Crippen LogP contribution in [-0.4, -0.2) is 30.6 Å². The van der Waals surface area contributed by atoms with Gasteiger partial charge in [-0.3, -0.25) is 0 Å². The SMILES string of the molecule is CCCCN(c1cc(C(=O)OC)c(N)cn1)C1CC1. The Hall–Kier alpha value is -1.78. The molecule has 0 unspecified atom stereocenters. The molecular formula is C14H21N3O2. The van der Waals surface area contributed by atoms with Crippen molar-refractivity contribution in [2.45, 2.75) is 38.6 Å². The van der Waals surface area contributed by atoms with Crippen LogP contribution >= 0.6 is 0 Å². The molecule has 0 amide bonds. The molecule has 0 saturated heterocycles. The molecule has 1 aliphatic carbocycles. The Labute approximate surface area is 113 Å². The Morgan fingerprint density at radius 1 is 1.58 bits per heavy atom. The van der Waals surface area contributed by atoms with Gasteiger partial charge in [-0.05, 0) is 25.3 Å². The average Bonchev–Trinajstić information content (AvgIpc) is 3.24. The number of carbonyl (C=O) groups is 1. The molecule has 104 valence electrons. The molecule has 19 heavy (non-hydrogen) atoms. The number of pyridine rings is 1. The van der Waals surface area contributed by atoms with Crippen molar-refractivity contribution >= 4 is 17.5 Å². The highest BCUT2D eigenvalue weighted by molar-refractivity contribution is 5.95. The van der Waals surface area contributed by atoms with Gasteiger partial charge in [-0.1, -0.05) is 13.3 Å². The molecule has 0 radical (unpaired) electrons. The summed E-state index contributed by atoms with van der Waals surface area (Å²) < 4.78 is 4.74. The molecule has 5 heteroatoms. The Balaban J connectivity index is 2.24. The predicted molar refractivity (Wildman–Crippen MR) is 75.3 cm³/mol. The molecule has 1 aromatic heterocycles. The van der Waals surface area contributed by atoms with Crippen LogP contribution < -0.4 is 10.6 Å². The molecule has 0 atom stereocenters. The maximum absolute atomic E-state index is 11.7. The van der Waals surface area contributed by atoms with Gasteiger partial charge in [-0.15, -0.1) is 0 Å². The Morgan fingerprint density at radius 3 is 2.89 bits per heavy atom. The van der Waals surface area contributed by atoms with E-state index in [2.05, 4.69) is 16.8 Å². The van der Waals surface area contributed by atoms with E-state index >= 15 is 0 Å². The predicted octanol–water partition coefficient (Wildman–Crippen LogP) is 2.22. The maximum atomic E-state index is 11.7. The average molecular weight is 263 g/mol. The number of aromatic nitrogens is 1. The van der Waals surface area contributed by atoms with E-state index in [0.29, 0.717) is 17.3 Å². The van der Waals surface area contributed by atoms with Crippen molar-refractivity contribution in [3.8, 4) is 0 Å². The second-order valence-electron chi connectivity index (χ2n) is 4.90. The first-order chi connectivity index (χ1) is 9.17. The smallest absolute Gasteiger partial charge is 0.340 e. The lowest BCUT2D eigenvalue weighted by Crippen LogP contribution is -2.28. The zero-order valence-electron chi connectivity index (χ0n) is 11.6. The summed E-state index contributed by atoms with van der Waals surface area (Å²) in [7, 11) is 1.36. The highest BCUT2D eigenvalue weighted by Crippen LogP contribution is 2.32. The second-order valence-corrected chi connectivity index (χ2v) is 4.90. The molecule has 0 bridgehead atoms. The van der Waals surface area contributed by atoms with Gasteiger partial charge in [-0.2, -0.15) is 0 Å². The zero-order chi connectivity index (χ0) is 13.8. The molecule has 1 fully saturated rings. The van der Waals surface area contributed by atoms with E-state index in [1.165, 1.54) is 20.0 Å². The normalized spacial score (nSPS) is 14.2. The van der Waals surface area contributed by atoms with E-state index in [-0.39, 0.29) is 0 Å².